The van der Waals surface area contributed by atoms with Gasteiger partial charge >= 0.3 is 0 Å². The molecule has 162 valence electrons. The quantitative estimate of drug-likeness (QED) is 0.501. The van der Waals surface area contributed by atoms with Crippen LogP contribution in [0, 0.1) is 5.92 Å². The Hall–Kier alpha value is -2.38. The molecule has 0 spiro atoms. The van der Waals surface area contributed by atoms with Gasteiger partial charge in [-0.2, -0.15) is 0 Å². The number of benzene rings is 1. The van der Waals surface area contributed by atoms with Crippen LogP contribution in [0.1, 0.15) is 23.3 Å². The molecule has 1 saturated heterocycles. The van der Waals surface area contributed by atoms with E-state index in [0.717, 1.165) is 24.5 Å². The number of carbonyl (C=O) groups is 1. The van der Waals surface area contributed by atoms with Gasteiger partial charge in [-0.15, -0.1) is 11.3 Å². The Morgan fingerprint density at radius 1 is 1.13 bits per heavy atom. The van der Waals surface area contributed by atoms with Crippen LogP contribution >= 0.6 is 11.3 Å². The lowest BCUT2D eigenvalue weighted by Crippen LogP contribution is -2.47. The van der Waals surface area contributed by atoms with Crippen molar-refractivity contribution < 1.29 is 9.53 Å². The third kappa shape index (κ3) is 6.57. The normalized spacial score (nSPS) is 16.7. The number of nitrogens with zero attached hydrogens (tertiary/aromatic N) is 2. The van der Waals surface area contributed by atoms with Gasteiger partial charge in [-0.05, 0) is 29.3 Å². The Labute approximate surface area is 183 Å². The van der Waals surface area contributed by atoms with Crippen molar-refractivity contribution >= 4 is 23.2 Å². The molecule has 1 aliphatic rings. The second-order valence-electron chi connectivity index (χ2n) is 7.62. The third-order valence-electron chi connectivity index (χ3n) is 5.27. The first-order valence-corrected chi connectivity index (χ1v) is 11.4. The first-order valence-electron chi connectivity index (χ1n) is 10.6. The highest BCUT2D eigenvalue weighted by Gasteiger charge is 2.27. The molecule has 0 bridgehead atoms. The molecule has 3 rings (SSSR count). The van der Waals surface area contributed by atoms with Crippen LogP contribution in [0.5, 0.6) is 0 Å². The molecule has 2 heterocycles. The van der Waals surface area contributed by atoms with E-state index in [2.05, 4.69) is 40.1 Å². The molecule has 1 amide bonds. The van der Waals surface area contributed by atoms with E-state index in [1.807, 2.05) is 35.2 Å². The molecular weight excluding hydrogens is 396 g/mol. The van der Waals surface area contributed by atoms with Gasteiger partial charge in [-0.1, -0.05) is 43.3 Å². The summed E-state index contributed by atoms with van der Waals surface area (Å²) >= 11 is 1.80. The number of ether oxygens (including phenoxy) is 1. The molecular formula is C23H32N4O2S. The monoisotopic (exact) mass is 428 g/mol. The van der Waals surface area contributed by atoms with Crippen molar-refractivity contribution in [2.45, 2.75) is 19.3 Å². The Balaban J connectivity index is 1.57. The fourth-order valence-electron chi connectivity index (χ4n) is 3.57. The number of morpholine rings is 1. The van der Waals surface area contributed by atoms with Gasteiger partial charge in [0.25, 0.3) is 0 Å². The summed E-state index contributed by atoms with van der Waals surface area (Å²) in [5, 5.41) is 8.89. The van der Waals surface area contributed by atoms with Crippen molar-refractivity contribution in [3.63, 3.8) is 0 Å². The lowest BCUT2D eigenvalue weighted by atomic mass is 9.97. The summed E-state index contributed by atoms with van der Waals surface area (Å²) in [6, 6.07) is 14.2. The molecule has 30 heavy (non-hydrogen) atoms. The first kappa shape index (κ1) is 22.3. The van der Waals surface area contributed by atoms with E-state index in [-0.39, 0.29) is 11.8 Å². The molecule has 2 N–H and O–H groups in total. The maximum atomic E-state index is 13.2. The van der Waals surface area contributed by atoms with Crippen LogP contribution < -0.4 is 10.6 Å². The van der Waals surface area contributed by atoms with Gasteiger partial charge in [0.2, 0.25) is 5.91 Å². The topological polar surface area (TPSA) is 66.0 Å². The van der Waals surface area contributed by atoms with Gasteiger partial charge in [0, 0.05) is 38.1 Å². The molecule has 1 fully saturated rings. The summed E-state index contributed by atoms with van der Waals surface area (Å²) in [6.07, 6.45) is 1.05. The summed E-state index contributed by atoms with van der Waals surface area (Å²) in [6.45, 7) is 6.06. The second-order valence-corrected chi connectivity index (χ2v) is 8.66. The highest BCUT2D eigenvalue weighted by atomic mass is 32.1. The van der Waals surface area contributed by atoms with E-state index < -0.39 is 0 Å². The Morgan fingerprint density at radius 2 is 1.87 bits per heavy atom. The van der Waals surface area contributed by atoms with Crippen LogP contribution in [-0.4, -0.2) is 63.2 Å². The number of guanidine groups is 1. The van der Waals surface area contributed by atoms with E-state index >= 15 is 0 Å². The Morgan fingerprint density at radius 3 is 2.53 bits per heavy atom. The molecule has 1 aromatic heterocycles. The highest BCUT2D eigenvalue weighted by Crippen LogP contribution is 2.19. The van der Waals surface area contributed by atoms with E-state index in [1.54, 1.807) is 18.4 Å². The van der Waals surface area contributed by atoms with Crippen LogP contribution in [-0.2, 0) is 16.0 Å². The molecule has 6 nitrogen and oxygen atoms in total. The number of rotatable bonds is 8. The zero-order valence-corrected chi connectivity index (χ0v) is 18.7. The smallest absolute Gasteiger partial charge is 0.232 e. The zero-order valence-electron chi connectivity index (χ0n) is 17.8. The molecule has 2 atom stereocenters. The van der Waals surface area contributed by atoms with E-state index in [1.165, 1.54) is 4.88 Å². The predicted octanol–water partition coefficient (Wildman–Crippen LogP) is 2.73. The number of hydrogen-bond donors (Lipinski definition) is 2. The molecule has 0 aliphatic carbocycles. The van der Waals surface area contributed by atoms with Crippen molar-refractivity contribution in [2.24, 2.45) is 10.9 Å². The standard InChI is InChI=1S/C23H32N4O2S/c1-18(15-20-9-6-14-30-20)16-25-23(24-2)26-17-21(19-7-4-3-5-8-19)22(28)27-10-12-29-13-11-27/h3-9,14,18,21H,10-13,15-17H2,1-2H3,(H2,24,25,26). The van der Waals surface area contributed by atoms with Gasteiger partial charge in [-0.3, -0.25) is 9.79 Å². The van der Waals surface area contributed by atoms with Crippen molar-refractivity contribution in [2.75, 3.05) is 46.4 Å². The number of hydrogen-bond acceptors (Lipinski definition) is 4. The lowest BCUT2D eigenvalue weighted by molar-refractivity contribution is -0.136. The molecule has 2 unspecified atom stereocenters. The van der Waals surface area contributed by atoms with Crippen molar-refractivity contribution in [3.8, 4) is 0 Å². The van der Waals surface area contributed by atoms with Gasteiger partial charge < -0.3 is 20.3 Å². The summed E-state index contributed by atoms with van der Waals surface area (Å²) in [7, 11) is 1.76. The van der Waals surface area contributed by atoms with Crippen LogP contribution in [0.3, 0.4) is 0 Å². The first-order chi connectivity index (χ1) is 14.7. The van der Waals surface area contributed by atoms with Crippen molar-refractivity contribution in [1.29, 1.82) is 0 Å². The average Bonchev–Trinajstić information content (AvgIpc) is 3.30. The van der Waals surface area contributed by atoms with E-state index in [9.17, 15) is 4.79 Å². The minimum Gasteiger partial charge on any atom is -0.378 e. The largest absolute Gasteiger partial charge is 0.378 e. The Kier molecular flexibility index (Phi) is 8.71. The SMILES string of the molecule is CN=C(NCC(C)Cc1cccs1)NCC(C(=O)N1CCOCC1)c1ccccc1. The number of thiophene rings is 1. The maximum absolute atomic E-state index is 13.2. The number of amides is 1. The van der Waals surface area contributed by atoms with Crippen LogP contribution in [0.15, 0.2) is 52.8 Å². The average molecular weight is 429 g/mol. The summed E-state index contributed by atoms with van der Waals surface area (Å²) in [5.41, 5.74) is 1.02. The highest BCUT2D eigenvalue weighted by molar-refractivity contribution is 7.09. The lowest BCUT2D eigenvalue weighted by Gasteiger charge is -2.31. The van der Waals surface area contributed by atoms with Crippen LogP contribution in [0.25, 0.3) is 0 Å². The minimum atomic E-state index is -0.258. The van der Waals surface area contributed by atoms with E-state index in [0.29, 0.717) is 38.8 Å². The van der Waals surface area contributed by atoms with Gasteiger partial charge in [0.1, 0.15) is 0 Å². The maximum Gasteiger partial charge on any atom is 0.232 e. The minimum absolute atomic E-state index is 0.138. The summed E-state index contributed by atoms with van der Waals surface area (Å²) in [4.78, 5) is 20.9. The molecule has 1 aromatic carbocycles. The van der Waals surface area contributed by atoms with Gasteiger partial charge in [0.05, 0.1) is 19.1 Å². The second kappa shape index (κ2) is 11.7. The number of carbonyl (C=O) groups excluding carboxylic acids is 1. The third-order valence-corrected chi connectivity index (χ3v) is 6.17. The summed E-state index contributed by atoms with van der Waals surface area (Å²) in [5.74, 6) is 1.09. The molecule has 1 aliphatic heterocycles. The van der Waals surface area contributed by atoms with Crippen LogP contribution in [0.2, 0.25) is 0 Å². The number of nitrogens with one attached hydrogen (secondary N) is 2. The van der Waals surface area contributed by atoms with Crippen molar-refractivity contribution in [1.82, 2.24) is 15.5 Å². The van der Waals surface area contributed by atoms with Gasteiger partial charge in [-0.25, -0.2) is 0 Å². The van der Waals surface area contributed by atoms with Crippen LogP contribution in [0.4, 0.5) is 0 Å². The molecule has 7 heteroatoms. The van der Waals surface area contributed by atoms with Gasteiger partial charge in [0.15, 0.2) is 5.96 Å². The summed E-state index contributed by atoms with van der Waals surface area (Å²) < 4.78 is 5.40. The number of aliphatic imine (C=N–C) groups is 1. The molecule has 0 radical (unpaired) electrons. The predicted molar refractivity (Wildman–Crippen MR) is 123 cm³/mol. The zero-order chi connectivity index (χ0) is 21.2. The Bertz CT molecular complexity index is 789. The fourth-order valence-corrected chi connectivity index (χ4v) is 4.44. The molecule has 0 saturated carbocycles. The van der Waals surface area contributed by atoms with Crippen molar-refractivity contribution in [3.05, 3.63) is 58.3 Å². The fraction of sp³-hybridized carbons (Fsp3) is 0.478. The van der Waals surface area contributed by atoms with E-state index in [4.69, 9.17) is 4.74 Å². The molecule has 2 aromatic rings.